The van der Waals surface area contributed by atoms with Crippen LogP contribution in [0.5, 0.6) is 5.75 Å². The fourth-order valence-corrected chi connectivity index (χ4v) is 1.98. The third-order valence-corrected chi connectivity index (χ3v) is 2.91. The lowest BCUT2D eigenvalue weighted by atomic mass is 10.2. The van der Waals surface area contributed by atoms with E-state index in [9.17, 15) is 0 Å². The Kier molecular flexibility index (Phi) is 3.05. The summed E-state index contributed by atoms with van der Waals surface area (Å²) in [4.78, 5) is 1.55. The maximum Gasteiger partial charge on any atom is 0.174 e. The van der Waals surface area contributed by atoms with Gasteiger partial charge in [0, 0.05) is 0 Å². The van der Waals surface area contributed by atoms with Crippen LogP contribution in [-0.2, 0) is 0 Å². The fraction of sp³-hybridized carbons (Fsp3) is 0.133. The van der Waals surface area contributed by atoms with E-state index in [-0.39, 0.29) is 6.61 Å². The number of fused-ring (bicyclic) bond motifs is 1. The minimum atomic E-state index is -0.00313. The number of hydrogen-bond acceptors (Lipinski definition) is 4. The van der Waals surface area contributed by atoms with E-state index in [1.807, 2.05) is 55.5 Å². The molecule has 0 atom stereocenters. The van der Waals surface area contributed by atoms with Gasteiger partial charge in [0.05, 0.1) is 0 Å². The van der Waals surface area contributed by atoms with Crippen LogP contribution in [0.25, 0.3) is 16.7 Å². The van der Waals surface area contributed by atoms with Gasteiger partial charge in [-0.15, -0.1) is 15.0 Å². The summed E-state index contributed by atoms with van der Waals surface area (Å²) >= 11 is 0. The van der Waals surface area contributed by atoms with Gasteiger partial charge in [-0.05, 0) is 36.8 Å². The SMILES string of the molecule is Cc1ccc(OCC#N)c(-n2nc3ccccc3n2)c1. The number of benzene rings is 2. The van der Waals surface area contributed by atoms with Crippen molar-refractivity contribution in [3.63, 3.8) is 0 Å². The third-order valence-electron chi connectivity index (χ3n) is 2.91. The van der Waals surface area contributed by atoms with Crippen LogP contribution < -0.4 is 4.74 Å². The van der Waals surface area contributed by atoms with Gasteiger partial charge in [0.1, 0.15) is 28.5 Å². The molecule has 5 nitrogen and oxygen atoms in total. The molecule has 0 aliphatic rings. The molecular formula is C15H12N4O. The Morgan fingerprint density at radius 1 is 1.15 bits per heavy atom. The van der Waals surface area contributed by atoms with Gasteiger partial charge in [-0.2, -0.15) is 5.26 Å². The summed E-state index contributed by atoms with van der Waals surface area (Å²) < 4.78 is 5.43. The van der Waals surface area contributed by atoms with Gasteiger partial charge >= 0.3 is 0 Å². The molecular weight excluding hydrogens is 252 g/mol. The molecule has 0 radical (unpaired) electrons. The minimum absolute atomic E-state index is 0.00313. The van der Waals surface area contributed by atoms with Crippen molar-refractivity contribution in [3.05, 3.63) is 48.0 Å². The highest BCUT2D eigenvalue weighted by Crippen LogP contribution is 2.24. The second-order valence-corrected chi connectivity index (χ2v) is 4.40. The number of aromatic nitrogens is 3. The smallest absolute Gasteiger partial charge is 0.174 e. The maximum atomic E-state index is 8.64. The Bertz CT molecular complexity index is 768. The van der Waals surface area contributed by atoms with Crippen LogP contribution in [-0.4, -0.2) is 21.6 Å². The van der Waals surface area contributed by atoms with Gasteiger partial charge in [-0.25, -0.2) is 0 Å². The van der Waals surface area contributed by atoms with Crippen molar-refractivity contribution < 1.29 is 4.74 Å². The minimum Gasteiger partial charge on any atom is -0.476 e. The molecule has 0 N–H and O–H groups in total. The number of nitriles is 1. The summed E-state index contributed by atoms with van der Waals surface area (Å²) in [7, 11) is 0. The van der Waals surface area contributed by atoms with Crippen molar-refractivity contribution in [3.8, 4) is 17.5 Å². The highest BCUT2D eigenvalue weighted by atomic mass is 16.5. The summed E-state index contributed by atoms with van der Waals surface area (Å²) in [6.07, 6.45) is 0. The van der Waals surface area contributed by atoms with Crippen LogP contribution >= 0.6 is 0 Å². The van der Waals surface area contributed by atoms with Gasteiger partial charge in [0.2, 0.25) is 0 Å². The van der Waals surface area contributed by atoms with Crippen molar-refractivity contribution >= 4 is 11.0 Å². The zero-order valence-electron chi connectivity index (χ0n) is 10.9. The number of ether oxygens (including phenoxy) is 1. The summed E-state index contributed by atoms with van der Waals surface area (Å²) in [5.74, 6) is 0.595. The molecule has 0 saturated carbocycles. The van der Waals surface area contributed by atoms with Crippen LogP contribution in [0.1, 0.15) is 5.56 Å². The number of aryl methyl sites for hydroxylation is 1. The fourth-order valence-electron chi connectivity index (χ4n) is 1.98. The van der Waals surface area contributed by atoms with E-state index >= 15 is 0 Å². The van der Waals surface area contributed by atoms with Gasteiger partial charge in [0.15, 0.2) is 6.61 Å². The van der Waals surface area contributed by atoms with Crippen molar-refractivity contribution in [1.82, 2.24) is 15.0 Å². The molecule has 98 valence electrons. The number of hydrogen-bond donors (Lipinski definition) is 0. The lowest BCUT2D eigenvalue weighted by molar-refractivity contribution is 0.364. The van der Waals surface area contributed by atoms with Gasteiger partial charge in [-0.3, -0.25) is 0 Å². The third kappa shape index (κ3) is 2.19. The summed E-state index contributed by atoms with van der Waals surface area (Å²) in [5, 5.41) is 17.5. The molecule has 0 saturated heterocycles. The molecule has 0 amide bonds. The normalized spacial score (nSPS) is 10.4. The molecule has 0 aliphatic heterocycles. The molecule has 0 aliphatic carbocycles. The highest BCUT2D eigenvalue weighted by Gasteiger charge is 2.10. The second-order valence-electron chi connectivity index (χ2n) is 4.40. The largest absolute Gasteiger partial charge is 0.476 e. The van der Waals surface area contributed by atoms with Crippen LogP contribution in [0.4, 0.5) is 0 Å². The van der Waals surface area contributed by atoms with Crippen molar-refractivity contribution in [2.75, 3.05) is 6.61 Å². The van der Waals surface area contributed by atoms with Crippen LogP contribution in [0.15, 0.2) is 42.5 Å². The zero-order valence-corrected chi connectivity index (χ0v) is 10.9. The second kappa shape index (κ2) is 5.02. The highest BCUT2D eigenvalue weighted by molar-refractivity contribution is 5.73. The summed E-state index contributed by atoms with van der Waals surface area (Å²) in [5.41, 5.74) is 3.45. The molecule has 5 heteroatoms. The number of nitrogens with zero attached hydrogens (tertiary/aromatic N) is 4. The van der Waals surface area contributed by atoms with Crippen molar-refractivity contribution in [1.29, 1.82) is 5.26 Å². The van der Waals surface area contributed by atoms with E-state index in [2.05, 4.69) is 10.2 Å². The predicted octanol–water partition coefficient (Wildman–Crippen LogP) is 2.63. The lowest BCUT2D eigenvalue weighted by Gasteiger charge is -2.08. The van der Waals surface area contributed by atoms with Crippen LogP contribution in [0.3, 0.4) is 0 Å². The molecule has 1 aromatic heterocycles. The molecule has 0 spiro atoms. The van der Waals surface area contributed by atoms with Crippen LogP contribution in [0.2, 0.25) is 0 Å². The van der Waals surface area contributed by atoms with Gasteiger partial charge < -0.3 is 4.74 Å². The lowest BCUT2D eigenvalue weighted by Crippen LogP contribution is -2.04. The number of rotatable bonds is 3. The average molecular weight is 264 g/mol. The van der Waals surface area contributed by atoms with Gasteiger partial charge in [-0.1, -0.05) is 18.2 Å². The Hall–Kier alpha value is -2.87. The molecule has 2 aromatic carbocycles. The maximum absolute atomic E-state index is 8.64. The van der Waals surface area contributed by atoms with E-state index in [1.54, 1.807) is 4.80 Å². The topological polar surface area (TPSA) is 63.7 Å². The summed E-state index contributed by atoms with van der Waals surface area (Å²) in [6, 6.07) is 15.3. The van der Waals surface area contributed by atoms with E-state index in [0.29, 0.717) is 5.75 Å². The average Bonchev–Trinajstić information content (AvgIpc) is 2.89. The Balaban J connectivity index is 2.12. The first-order chi connectivity index (χ1) is 9.78. The standard InChI is InChI=1S/C15H12N4O/c1-11-6-7-15(20-9-8-16)14(10-11)19-17-12-4-2-3-5-13(12)18-19/h2-7,10H,9H2,1H3. The monoisotopic (exact) mass is 264 g/mol. The first-order valence-electron chi connectivity index (χ1n) is 6.21. The Morgan fingerprint density at radius 3 is 2.50 bits per heavy atom. The molecule has 0 fully saturated rings. The first-order valence-corrected chi connectivity index (χ1v) is 6.21. The van der Waals surface area contributed by atoms with Crippen molar-refractivity contribution in [2.45, 2.75) is 6.92 Å². The molecule has 3 rings (SSSR count). The van der Waals surface area contributed by atoms with Crippen molar-refractivity contribution in [2.24, 2.45) is 0 Å². The Morgan fingerprint density at radius 2 is 1.85 bits per heavy atom. The molecule has 0 bridgehead atoms. The molecule has 1 heterocycles. The van der Waals surface area contributed by atoms with Gasteiger partial charge in [0.25, 0.3) is 0 Å². The van der Waals surface area contributed by atoms with E-state index in [4.69, 9.17) is 10.00 Å². The molecule has 20 heavy (non-hydrogen) atoms. The van der Waals surface area contributed by atoms with E-state index in [1.165, 1.54) is 0 Å². The van der Waals surface area contributed by atoms with Crippen LogP contribution in [0, 0.1) is 18.3 Å². The van der Waals surface area contributed by atoms with E-state index in [0.717, 1.165) is 22.3 Å². The Labute approximate surface area is 116 Å². The molecule has 3 aromatic rings. The van der Waals surface area contributed by atoms with E-state index < -0.39 is 0 Å². The summed E-state index contributed by atoms with van der Waals surface area (Å²) in [6.45, 7) is 1.98. The molecule has 0 unspecified atom stereocenters. The first kappa shape index (κ1) is 12.2. The quantitative estimate of drug-likeness (QED) is 0.729. The zero-order chi connectivity index (χ0) is 13.9. The predicted molar refractivity (Wildman–Crippen MR) is 74.7 cm³/mol.